The number of rotatable bonds is 2. The summed E-state index contributed by atoms with van der Waals surface area (Å²) in [5, 5.41) is 8.94. The Morgan fingerprint density at radius 3 is 3.20 bits per heavy atom. The van der Waals surface area contributed by atoms with E-state index in [-0.39, 0.29) is 0 Å². The van der Waals surface area contributed by atoms with Crippen molar-refractivity contribution < 1.29 is 4.74 Å². The number of pyridine rings is 1. The number of likely N-dealkylation sites (N-methyl/N-ethyl adjacent to an activating group) is 1. The van der Waals surface area contributed by atoms with Crippen LogP contribution in [0.4, 0.5) is 5.69 Å². The first-order valence-electron chi connectivity index (χ1n) is 4.98. The number of anilines is 1. The molecule has 4 heteroatoms. The van der Waals surface area contributed by atoms with Crippen molar-refractivity contribution in [1.29, 1.82) is 5.26 Å². The Morgan fingerprint density at radius 2 is 2.53 bits per heavy atom. The summed E-state index contributed by atoms with van der Waals surface area (Å²) in [6, 6.07) is 6.24. The Morgan fingerprint density at radius 1 is 1.67 bits per heavy atom. The third-order valence-corrected chi connectivity index (χ3v) is 2.73. The lowest BCUT2D eigenvalue weighted by Gasteiger charge is -2.25. The topological polar surface area (TPSA) is 49.2 Å². The molecule has 78 valence electrons. The van der Waals surface area contributed by atoms with Gasteiger partial charge in [0.2, 0.25) is 0 Å². The van der Waals surface area contributed by atoms with E-state index in [9.17, 15) is 0 Å². The molecule has 0 aromatic carbocycles. The van der Waals surface area contributed by atoms with E-state index in [1.807, 2.05) is 19.2 Å². The Balaban J connectivity index is 2.24. The average Bonchev–Trinajstić information content (AvgIpc) is 2.81. The molecule has 0 spiro atoms. The van der Waals surface area contributed by atoms with Gasteiger partial charge in [0.25, 0.3) is 0 Å². The lowest BCUT2D eigenvalue weighted by atomic mass is 10.2. The second-order valence-corrected chi connectivity index (χ2v) is 3.61. The fraction of sp³-hybridized carbons (Fsp3) is 0.455. The number of nitrogens with zero attached hydrogens (tertiary/aromatic N) is 3. The van der Waals surface area contributed by atoms with Gasteiger partial charge in [0, 0.05) is 19.9 Å². The van der Waals surface area contributed by atoms with E-state index >= 15 is 0 Å². The Kier molecular flexibility index (Phi) is 2.84. The van der Waals surface area contributed by atoms with Crippen molar-refractivity contribution in [2.24, 2.45) is 0 Å². The van der Waals surface area contributed by atoms with Crippen LogP contribution < -0.4 is 4.90 Å². The molecule has 15 heavy (non-hydrogen) atoms. The maximum absolute atomic E-state index is 8.94. The molecular weight excluding hydrogens is 190 g/mol. The van der Waals surface area contributed by atoms with Crippen LogP contribution in [-0.2, 0) is 4.74 Å². The third-order valence-electron chi connectivity index (χ3n) is 2.73. The van der Waals surface area contributed by atoms with Crippen LogP contribution in [0.3, 0.4) is 0 Å². The summed E-state index contributed by atoms with van der Waals surface area (Å²) in [6.45, 7) is 1.54. The predicted octanol–water partition coefficient (Wildman–Crippen LogP) is 1.18. The van der Waals surface area contributed by atoms with Crippen LogP contribution in [0, 0.1) is 11.3 Å². The highest BCUT2D eigenvalue weighted by Gasteiger charge is 2.22. The van der Waals surface area contributed by atoms with Gasteiger partial charge in [-0.25, -0.2) is 4.98 Å². The minimum atomic E-state index is 0.362. The van der Waals surface area contributed by atoms with Crippen molar-refractivity contribution in [3.63, 3.8) is 0 Å². The van der Waals surface area contributed by atoms with E-state index in [0.717, 1.165) is 25.3 Å². The summed E-state index contributed by atoms with van der Waals surface area (Å²) in [5.41, 5.74) is 1.36. The quantitative estimate of drug-likeness (QED) is 0.724. The molecule has 1 fully saturated rings. The molecule has 1 atom stereocenters. The zero-order chi connectivity index (χ0) is 10.7. The molecule has 1 aromatic heterocycles. The minimum absolute atomic E-state index is 0.362. The van der Waals surface area contributed by atoms with Crippen molar-refractivity contribution in [2.75, 3.05) is 25.2 Å². The first kappa shape index (κ1) is 9.94. The third kappa shape index (κ3) is 1.92. The maximum Gasteiger partial charge on any atom is 0.163 e. The van der Waals surface area contributed by atoms with Crippen LogP contribution >= 0.6 is 0 Å². The van der Waals surface area contributed by atoms with E-state index in [2.05, 4.69) is 16.0 Å². The zero-order valence-corrected chi connectivity index (χ0v) is 8.68. The van der Waals surface area contributed by atoms with Gasteiger partial charge in [0.15, 0.2) is 5.69 Å². The monoisotopic (exact) mass is 203 g/mol. The molecular formula is C11H13N3O. The van der Waals surface area contributed by atoms with Crippen LogP contribution in [-0.4, -0.2) is 31.3 Å². The molecule has 0 N–H and O–H groups in total. The fourth-order valence-corrected chi connectivity index (χ4v) is 1.79. The van der Waals surface area contributed by atoms with Crippen LogP contribution in [0.2, 0.25) is 0 Å². The van der Waals surface area contributed by atoms with E-state index in [1.54, 1.807) is 6.20 Å². The minimum Gasteiger partial charge on any atom is -0.379 e. The lowest BCUT2D eigenvalue weighted by Crippen LogP contribution is -2.32. The summed E-state index contributed by atoms with van der Waals surface area (Å²) >= 11 is 0. The highest BCUT2D eigenvalue weighted by molar-refractivity contribution is 5.55. The fourth-order valence-electron chi connectivity index (χ4n) is 1.79. The average molecular weight is 203 g/mol. The van der Waals surface area contributed by atoms with Crippen LogP contribution in [0.5, 0.6) is 0 Å². The Bertz CT molecular complexity index is 380. The van der Waals surface area contributed by atoms with Crippen molar-refractivity contribution in [3.8, 4) is 6.07 Å². The highest BCUT2D eigenvalue weighted by Crippen LogP contribution is 2.21. The molecule has 1 aromatic rings. The molecule has 0 radical (unpaired) electrons. The number of ether oxygens (including phenoxy) is 1. The largest absolute Gasteiger partial charge is 0.379 e. The van der Waals surface area contributed by atoms with Crippen LogP contribution in [0.15, 0.2) is 18.3 Å². The molecule has 0 amide bonds. The molecule has 1 aliphatic rings. The second-order valence-electron chi connectivity index (χ2n) is 3.61. The predicted molar refractivity (Wildman–Crippen MR) is 56.6 cm³/mol. The zero-order valence-electron chi connectivity index (χ0n) is 8.68. The second kappa shape index (κ2) is 4.28. The first-order valence-corrected chi connectivity index (χ1v) is 4.98. The van der Waals surface area contributed by atoms with E-state index < -0.39 is 0 Å². The SMILES string of the molecule is CN(c1cccnc1C#N)C1CCOC1. The van der Waals surface area contributed by atoms with Gasteiger partial charge in [0.05, 0.1) is 18.3 Å². The maximum atomic E-state index is 8.94. The van der Waals surface area contributed by atoms with Crippen molar-refractivity contribution >= 4 is 5.69 Å². The molecule has 2 rings (SSSR count). The summed E-state index contributed by atoms with van der Waals surface area (Å²) < 4.78 is 5.33. The molecule has 1 aliphatic heterocycles. The molecule has 4 nitrogen and oxygen atoms in total. The highest BCUT2D eigenvalue weighted by atomic mass is 16.5. The standard InChI is InChI=1S/C11H13N3O/c1-14(9-4-6-15-8-9)11-3-2-5-13-10(11)7-12/h2-3,5,9H,4,6,8H2,1H3. The van der Waals surface area contributed by atoms with Gasteiger partial charge in [-0.15, -0.1) is 0 Å². The molecule has 1 saturated heterocycles. The molecule has 0 aliphatic carbocycles. The summed E-state index contributed by atoms with van der Waals surface area (Å²) in [4.78, 5) is 6.13. The number of nitriles is 1. The van der Waals surface area contributed by atoms with Crippen LogP contribution in [0.1, 0.15) is 12.1 Å². The Labute approximate surface area is 89.1 Å². The van der Waals surface area contributed by atoms with E-state index in [0.29, 0.717) is 11.7 Å². The summed E-state index contributed by atoms with van der Waals surface area (Å²) in [7, 11) is 1.98. The molecule has 1 unspecified atom stereocenters. The summed E-state index contributed by atoms with van der Waals surface area (Å²) in [5.74, 6) is 0. The first-order chi connectivity index (χ1) is 7.33. The van der Waals surface area contributed by atoms with Crippen LogP contribution in [0.25, 0.3) is 0 Å². The van der Waals surface area contributed by atoms with E-state index in [1.165, 1.54) is 0 Å². The normalized spacial score (nSPS) is 19.9. The molecule has 0 saturated carbocycles. The van der Waals surface area contributed by atoms with Gasteiger partial charge in [0.1, 0.15) is 6.07 Å². The van der Waals surface area contributed by atoms with Gasteiger partial charge in [-0.3, -0.25) is 0 Å². The van der Waals surface area contributed by atoms with Gasteiger partial charge >= 0.3 is 0 Å². The van der Waals surface area contributed by atoms with Crippen molar-refractivity contribution in [2.45, 2.75) is 12.5 Å². The van der Waals surface area contributed by atoms with E-state index in [4.69, 9.17) is 10.00 Å². The lowest BCUT2D eigenvalue weighted by molar-refractivity contribution is 0.193. The number of hydrogen-bond acceptors (Lipinski definition) is 4. The van der Waals surface area contributed by atoms with Gasteiger partial charge in [-0.2, -0.15) is 5.26 Å². The van der Waals surface area contributed by atoms with Crippen molar-refractivity contribution in [1.82, 2.24) is 4.98 Å². The summed E-state index contributed by atoms with van der Waals surface area (Å²) in [6.07, 6.45) is 2.65. The smallest absolute Gasteiger partial charge is 0.163 e. The van der Waals surface area contributed by atoms with Crippen molar-refractivity contribution in [3.05, 3.63) is 24.0 Å². The Hall–Kier alpha value is -1.60. The van der Waals surface area contributed by atoms with Gasteiger partial charge < -0.3 is 9.64 Å². The van der Waals surface area contributed by atoms with Gasteiger partial charge in [-0.05, 0) is 18.6 Å². The molecule has 0 bridgehead atoms. The number of aromatic nitrogens is 1. The molecule has 2 heterocycles. The van der Waals surface area contributed by atoms with Gasteiger partial charge in [-0.1, -0.05) is 0 Å². The number of hydrogen-bond donors (Lipinski definition) is 0.